The first kappa shape index (κ1) is 12.9. The van der Waals surface area contributed by atoms with Gasteiger partial charge in [-0.1, -0.05) is 0 Å². The summed E-state index contributed by atoms with van der Waals surface area (Å²) in [5.41, 5.74) is 0.470. The fraction of sp³-hybridized carbons (Fsp3) is 0.333. The highest BCUT2D eigenvalue weighted by atomic mass is 79.9. The van der Waals surface area contributed by atoms with E-state index in [1.54, 1.807) is 12.1 Å². The van der Waals surface area contributed by atoms with Gasteiger partial charge in [-0.05, 0) is 53.9 Å². The molecule has 3 N–H and O–H groups in total. The molecule has 0 unspecified atom stereocenters. The third kappa shape index (κ3) is 3.01. The Bertz CT molecular complexity index is 512. The normalized spacial score (nSPS) is 15.9. The van der Waals surface area contributed by atoms with Crippen LogP contribution in [0.15, 0.2) is 22.7 Å². The van der Waals surface area contributed by atoms with Crippen molar-refractivity contribution in [3.8, 4) is 0 Å². The lowest BCUT2D eigenvalue weighted by Crippen LogP contribution is -2.37. The van der Waals surface area contributed by atoms with Crippen LogP contribution in [0.4, 0.5) is 10.5 Å². The van der Waals surface area contributed by atoms with Gasteiger partial charge in [0.1, 0.15) is 0 Å². The van der Waals surface area contributed by atoms with Gasteiger partial charge in [-0.3, -0.25) is 0 Å². The summed E-state index contributed by atoms with van der Waals surface area (Å²) >= 11 is 3.15. The van der Waals surface area contributed by atoms with Gasteiger partial charge in [-0.2, -0.15) is 0 Å². The van der Waals surface area contributed by atoms with Gasteiger partial charge in [-0.15, -0.1) is 0 Å². The number of urea groups is 1. The number of halogens is 1. The quantitative estimate of drug-likeness (QED) is 0.803. The van der Waals surface area contributed by atoms with E-state index < -0.39 is 5.97 Å². The summed E-state index contributed by atoms with van der Waals surface area (Å²) in [7, 11) is 0. The maximum Gasteiger partial charge on any atom is 0.336 e. The zero-order valence-corrected chi connectivity index (χ0v) is 11.4. The molecule has 1 fully saturated rings. The number of carboxylic acids is 1. The summed E-state index contributed by atoms with van der Waals surface area (Å²) in [5, 5.41) is 14.4. The van der Waals surface area contributed by atoms with Crippen molar-refractivity contribution in [3.05, 3.63) is 28.2 Å². The Labute approximate surface area is 113 Å². The van der Waals surface area contributed by atoms with Crippen LogP contribution in [0.3, 0.4) is 0 Å². The zero-order valence-electron chi connectivity index (χ0n) is 9.79. The first-order chi connectivity index (χ1) is 8.39. The maximum absolute atomic E-state index is 11.7. The molecule has 0 saturated heterocycles. The topological polar surface area (TPSA) is 78.4 Å². The number of amides is 2. The van der Waals surface area contributed by atoms with E-state index in [1.807, 2.05) is 6.92 Å². The van der Waals surface area contributed by atoms with E-state index in [1.165, 1.54) is 6.07 Å². The lowest BCUT2D eigenvalue weighted by Gasteiger charge is -2.13. The number of benzene rings is 1. The Kier molecular flexibility index (Phi) is 3.30. The highest BCUT2D eigenvalue weighted by Crippen LogP contribution is 2.34. The Morgan fingerprint density at radius 2 is 2.06 bits per heavy atom. The van der Waals surface area contributed by atoms with E-state index in [4.69, 9.17) is 5.11 Å². The molecule has 6 heteroatoms. The number of rotatable bonds is 3. The summed E-state index contributed by atoms with van der Waals surface area (Å²) in [6, 6.07) is 4.35. The smallest absolute Gasteiger partial charge is 0.336 e. The number of hydrogen-bond acceptors (Lipinski definition) is 2. The minimum atomic E-state index is -1.04. The van der Waals surface area contributed by atoms with Gasteiger partial charge in [0, 0.05) is 15.7 Å². The fourth-order valence-corrected chi connectivity index (χ4v) is 1.93. The van der Waals surface area contributed by atoms with Crippen molar-refractivity contribution in [2.24, 2.45) is 0 Å². The molecule has 18 heavy (non-hydrogen) atoms. The standard InChI is InChI=1S/C12H13BrN2O3/c1-12(4-5-12)15-11(18)14-7-2-3-9(13)8(6-7)10(16)17/h2-3,6H,4-5H2,1H3,(H,16,17)(H2,14,15,18). The van der Waals surface area contributed by atoms with Gasteiger partial charge in [0.05, 0.1) is 5.56 Å². The number of nitrogens with one attached hydrogen (secondary N) is 2. The molecule has 0 radical (unpaired) electrons. The highest BCUT2D eigenvalue weighted by Gasteiger charge is 2.38. The molecule has 0 aliphatic heterocycles. The molecule has 1 aliphatic carbocycles. The number of aromatic carboxylic acids is 1. The number of hydrogen-bond donors (Lipinski definition) is 3. The average Bonchev–Trinajstić information content (AvgIpc) is 2.98. The van der Waals surface area contributed by atoms with Crippen LogP contribution >= 0.6 is 15.9 Å². The van der Waals surface area contributed by atoms with Crippen molar-refractivity contribution in [1.29, 1.82) is 0 Å². The number of carbonyl (C=O) groups is 2. The molecule has 1 aromatic carbocycles. The zero-order chi connectivity index (χ0) is 13.3. The molecule has 0 aromatic heterocycles. The van der Waals surface area contributed by atoms with E-state index in [-0.39, 0.29) is 17.1 Å². The summed E-state index contributed by atoms with van der Waals surface area (Å²) in [4.78, 5) is 22.6. The molecule has 5 nitrogen and oxygen atoms in total. The SMILES string of the molecule is CC1(NC(=O)Nc2ccc(Br)c(C(=O)O)c2)CC1. The van der Waals surface area contributed by atoms with Gasteiger partial charge in [0.25, 0.3) is 0 Å². The van der Waals surface area contributed by atoms with Crippen LogP contribution in [0.25, 0.3) is 0 Å². The summed E-state index contributed by atoms with van der Waals surface area (Å²) in [5.74, 6) is -1.04. The molecule has 1 aromatic rings. The second kappa shape index (κ2) is 4.61. The first-order valence-corrected chi connectivity index (χ1v) is 6.31. The van der Waals surface area contributed by atoms with Crippen LogP contribution < -0.4 is 10.6 Å². The Morgan fingerprint density at radius 3 is 2.61 bits per heavy atom. The lowest BCUT2D eigenvalue weighted by atomic mass is 10.2. The van der Waals surface area contributed by atoms with E-state index in [0.29, 0.717) is 10.2 Å². The molecule has 96 valence electrons. The van der Waals surface area contributed by atoms with E-state index in [2.05, 4.69) is 26.6 Å². The largest absolute Gasteiger partial charge is 0.478 e. The van der Waals surface area contributed by atoms with Gasteiger partial charge in [0.2, 0.25) is 0 Å². The van der Waals surface area contributed by atoms with Crippen molar-refractivity contribution < 1.29 is 14.7 Å². The first-order valence-electron chi connectivity index (χ1n) is 5.52. The molecule has 0 heterocycles. The second-order valence-electron chi connectivity index (χ2n) is 4.64. The van der Waals surface area contributed by atoms with Crippen molar-refractivity contribution in [3.63, 3.8) is 0 Å². The van der Waals surface area contributed by atoms with Gasteiger partial charge in [-0.25, -0.2) is 9.59 Å². The highest BCUT2D eigenvalue weighted by molar-refractivity contribution is 9.10. The van der Waals surface area contributed by atoms with E-state index in [9.17, 15) is 9.59 Å². The van der Waals surface area contributed by atoms with Gasteiger partial charge in [0.15, 0.2) is 0 Å². The molecule has 0 atom stereocenters. The Balaban J connectivity index is 2.07. The predicted octanol–water partition coefficient (Wildman–Crippen LogP) is 2.82. The Hall–Kier alpha value is -1.56. The number of carbonyl (C=O) groups excluding carboxylic acids is 1. The van der Waals surface area contributed by atoms with Crippen molar-refractivity contribution in [2.45, 2.75) is 25.3 Å². The van der Waals surface area contributed by atoms with Crippen LogP contribution in [0, 0.1) is 0 Å². The van der Waals surface area contributed by atoms with E-state index >= 15 is 0 Å². The fourth-order valence-electron chi connectivity index (χ4n) is 1.52. The third-order valence-electron chi connectivity index (χ3n) is 2.87. The van der Waals surface area contributed by atoms with Crippen molar-refractivity contribution >= 4 is 33.6 Å². The number of carboxylic acid groups (broad SMARTS) is 1. The van der Waals surface area contributed by atoms with Crippen LogP contribution in [0.2, 0.25) is 0 Å². The van der Waals surface area contributed by atoms with Crippen LogP contribution in [0.5, 0.6) is 0 Å². The van der Waals surface area contributed by atoms with Crippen LogP contribution in [0.1, 0.15) is 30.1 Å². The summed E-state index contributed by atoms with van der Waals surface area (Å²) in [6.07, 6.45) is 1.95. The predicted molar refractivity (Wildman–Crippen MR) is 70.9 cm³/mol. The lowest BCUT2D eigenvalue weighted by molar-refractivity contribution is 0.0696. The molecular weight excluding hydrogens is 300 g/mol. The number of anilines is 1. The molecule has 2 amide bonds. The molecular formula is C12H13BrN2O3. The third-order valence-corrected chi connectivity index (χ3v) is 3.56. The maximum atomic E-state index is 11.7. The average molecular weight is 313 g/mol. The minimum absolute atomic E-state index is 0.102. The van der Waals surface area contributed by atoms with E-state index in [0.717, 1.165) is 12.8 Å². The Morgan fingerprint density at radius 1 is 1.39 bits per heavy atom. The van der Waals surface area contributed by atoms with Crippen LogP contribution in [-0.4, -0.2) is 22.6 Å². The van der Waals surface area contributed by atoms with Crippen molar-refractivity contribution in [2.75, 3.05) is 5.32 Å². The van der Waals surface area contributed by atoms with Gasteiger partial charge < -0.3 is 15.7 Å². The molecule has 1 saturated carbocycles. The summed E-state index contributed by atoms with van der Waals surface area (Å²) in [6.45, 7) is 1.97. The molecule has 2 rings (SSSR count). The molecule has 1 aliphatic rings. The van der Waals surface area contributed by atoms with Crippen LogP contribution in [-0.2, 0) is 0 Å². The van der Waals surface area contributed by atoms with Gasteiger partial charge >= 0.3 is 12.0 Å². The summed E-state index contributed by atoms with van der Waals surface area (Å²) < 4.78 is 0.482. The minimum Gasteiger partial charge on any atom is -0.478 e. The second-order valence-corrected chi connectivity index (χ2v) is 5.49. The van der Waals surface area contributed by atoms with Crippen molar-refractivity contribution in [1.82, 2.24) is 5.32 Å². The monoisotopic (exact) mass is 312 g/mol. The molecule has 0 bridgehead atoms. The molecule has 0 spiro atoms.